The first kappa shape index (κ1) is 15.1. The normalized spacial score (nSPS) is 19.6. The van der Waals surface area contributed by atoms with Gasteiger partial charge >= 0.3 is 6.09 Å². The lowest BCUT2D eigenvalue weighted by molar-refractivity contribution is 0.159. The Morgan fingerprint density at radius 1 is 1.38 bits per heavy atom. The van der Waals surface area contributed by atoms with E-state index in [1.807, 2.05) is 29.9 Å². The Morgan fingerprint density at radius 2 is 2.21 bits per heavy atom. The third-order valence-electron chi connectivity index (χ3n) is 4.49. The van der Waals surface area contributed by atoms with Crippen LogP contribution in [-0.4, -0.2) is 35.1 Å². The van der Waals surface area contributed by atoms with Crippen LogP contribution in [0.1, 0.15) is 32.7 Å². The summed E-state index contributed by atoms with van der Waals surface area (Å²) in [6.45, 7) is 4.85. The van der Waals surface area contributed by atoms with Crippen molar-refractivity contribution in [2.45, 2.75) is 38.8 Å². The molecule has 1 aliphatic carbocycles. The van der Waals surface area contributed by atoms with Crippen molar-refractivity contribution in [3.05, 3.63) is 30.6 Å². The Kier molecular flexibility index (Phi) is 3.67. The van der Waals surface area contributed by atoms with Crippen molar-refractivity contribution < 1.29 is 9.53 Å². The van der Waals surface area contributed by atoms with Gasteiger partial charge in [0.25, 0.3) is 0 Å². The molecule has 0 bridgehead atoms. The number of ether oxygens (including phenoxy) is 1. The van der Waals surface area contributed by atoms with Gasteiger partial charge in [0.1, 0.15) is 0 Å². The highest BCUT2D eigenvalue weighted by Crippen LogP contribution is 2.38. The Hall–Kier alpha value is -2.50. The lowest BCUT2D eigenvalue weighted by Gasteiger charge is -2.33. The van der Waals surface area contributed by atoms with Gasteiger partial charge in [-0.25, -0.2) is 4.79 Å². The minimum Gasteiger partial charge on any atom is -0.449 e. The quantitative estimate of drug-likeness (QED) is 0.935. The lowest BCUT2D eigenvalue weighted by atomic mass is 10.0. The van der Waals surface area contributed by atoms with Crippen LogP contribution >= 0.6 is 0 Å². The van der Waals surface area contributed by atoms with E-state index in [1.54, 1.807) is 4.90 Å². The molecule has 0 unspecified atom stereocenters. The molecule has 0 saturated heterocycles. The Labute approximate surface area is 141 Å². The van der Waals surface area contributed by atoms with Crippen molar-refractivity contribution in [2.75, 3.05) is 23.4 Å². The summed E-state index contributed by atoms with van der Waals surface area (Å²) in [5, 5.41) is 7.89. The number of carbonyl (C=O) groups is 1. The molecule has 1 amide bonds. The van der Waals surface area contributed by atoms with Gasteiger partial charge in [0, 0.05) is 24.3 Å². The standard InChI is InChI=1S/C18H22N4O2/c1-3-24-18(23)21-10-12(2)20-16-7-4-13(8-17(16)21)14-9-19-22(11-14)15-5-6-15/h4,7-9,11-12,15,20H,3,5-6,10H2,1-2H3/t12-/m0/s1. The highest BCUT2D eigenvalue weighted by molar-refractivity contribution is 5.95. The highest BCUT2D eigenvalue weighted by Gasteiger charge is 2.28. The van der Waals surface area contributed by atoms with Gasteiger partial charge in [-0.15, -0.1) is 0 Å². The molecule has 6 nitrogen and oxygen atoms in total. The zero-order valence-electron chi connectivity index (χ0n) is 14.0. The van der Waals surface area contributed by atoms with Gasteiger partial charge in [0.05, 0.1) is 30.2 Å². The smallest absolute Gasteiger partial charge is 0.414 e. The number of anilines is 2. The summed E-state index contributed by atoms with van der Waals surface area (Å²) >= 11 is 0. The summed E-state index contributed by atoms with van der Waals surface area (Å²) in [5.41, 5.74) is 3.96. The summed E-state index contributed by atoms with van der Waals surface area (Å²) in [6.07, 6.45) is 6.12. The molecule has 1 aliphatic heterocycles. The van der Waals surface area contributed by atoms with Crippen LogP contribution in [0.3, 0.4) is 0 Å². The summed E-state index contributed by atoms with van der Waals surface area (Å²) < 4.78 is 7.26. The number of benzene rings is 1. The summed E-state index contributed by atoms with van der Waals surface area (Å²) in [5.74, 6) is 0. The molecule has 2 aromatic rings. The molecular weight excluding hydrogens is 304 g/mol. The summed E-state index contributed by atoms with van der Waals surface area (Å²) in [4.78, 5) is 14.0. The second-order valence-corrected chi connectivity index (χ2v) is 6.53. The predicted molar refractivity (Wildman–Crippen MR) is 93.4 cm³/mol. The van der Waals surface area contributed by atoms with E-state index in [2.05, 4.69) is 29.6 Å². The predicted octanol–water partition coefficient (Wildman–Crippen LogP) is 3.66. The molecule has 0 spiro atoms. The Bertz CT molecular complexity index is 766. The fraction of sp³-hybridized carbons (Fsp3) is 0.444. The number of amides is 1. The first-order valence-corrected chi connectivity index (χ1v) is 8.55. The van der Waals surface area contributed by atoms with E-state index in [0.29, 0.717) is 19.2 Å². The highest BCUT2D eigenvalue weighted by atomic mass is 16.6. The molecule has 126 valence electrons. The van der Waals surface area contributed by atoms with Crippen molar-refractivity contribution in [3.8, 4) is 11.1 Å². The summed E-state index contributed by atoms with van der Waals surface area (Å²) in [7, 11) is 0. The molecule has 24 heavy (non-hydrogen) atoms. The molecule has 1 fully saturated rings. The topological polar surface area (TPSA) is 59.4 Å². The monoisotopic (exact) mass is 326 g/mol. The molecule has 2 aliphatic rings. The Balaban J connectivity index is 1.68. The minimum absolute atomic E-state index is 0.186. The van der Waals surface area contributed by atoms with Gasteiger partial charge in [0.2, 0.25) is 0 Å². The van der Waals surface area contributed by atoms with Gasteiger partial charge in [-0.05, 0) is 44.4 Å². The molecule has 0 radical (unpaired) electrons. The number of nitrogens with one attached hydrogen (secondary N) is 1. The molecule has 1 saturated carbocycles. The number of fused-ring (bicyclic) bond motifs is 1. The number of carbonyl (C=O) groups excluding carboxylic acids is 1. The van der Waals surface area contributed by atoms with Crippen LogP contribution in [0.25, 0.3) is 11.1 Å². The van der Waals surface area contributed by atoms with Crippen LogP contribution in [-0.2, 0) is 4.74 Å². The molecular formula is C18H22N4O2. The molecule has 4 rings (SSSR count). The molecule has 6 heteroatoms. The molecule has 2 heterocycles. The molecule has 1 aromatic carbocycles. The fourth-order valence-electron chi connectivity index (χ4n) is 3.14. The van der Waals surface area contributed by atoms with Gasteiger partial charge < -0.3 is 10.1 Å². The first-order valence-electron chi connectivity index (χ1n) is 8.55. The van der Waals surface area contributed by atoms with Crippen LogP contribution in [0.5, 0.6) is 0 Å². The van der Waals surface area contributed by atoms with E-state index in [4.69, 9.17) is 4.74 Å². The number of aromatic nitrogens is 2. The third kappa shape index (κ3) is 2.72. The average Bonchev–Trinajstić information content (AvgIpc) is 3.31. The van der Waals surface area contributed by atoms with Gasteiger partial charge in [0.15, 0.2) is 0 Å². The van der Waals surface area contributed by atoms with E-state index in [0.717, 1.165) is 22.5 Å². The second-order valence-electron chi connectivity index (χ2n) is 6.53. The zero-order chi connectivity index (χ0) is 16.7. The van der Waals surface area contributed by atoms with Crippen LogP contribution in [0.4, 0.5) is 16.2 Å². The number of hydrogen-bond donors (Lipinski definition) is 1. The van der Waals surface area contributed by atoms with Crippen LogP contribution in [0.15, 0.2) is 30.6 Å². The maximum Gasteiger partial charge on any atom is 0.414 e. The molecule has 1 atom stereocenters. The maximum atomic E-state index is 12.3. The number of rotatable bonds is 3. The van der Waals surface area contributed by atoms with Crippen molar-refractivity contribution in [1.82, 2.24) is 9.78 Å². The third-order valence-corrected chi connectivity index (χ3v) is 4.49. The molecule has 1 N–H and O–H groups in total. The van der Waals surface area contributed by atoms with Crippen LogP contribution in [0, 0.1) is 0 Å². The first-order chi connectivity index (χ1) is 11.7. The minimum atomic E-state index is -0.294. The van der Waals surface area contributed by atoms with Crippen molar-refractivity contribution in [3.63, 3.8) is 0 Å². The van der Waals surface area contributed by atoms with Crippen LogP contribution < -0.4 is 10.2 Å². The van der Waals surface area contributed by atoms with E-state index in [-0.39, 0.29) is 12.1 Å². The van der Waals surface area contributed by atoms with E-state index in [9.17, 15) is 4.79 Å². The maximum absolute atomic E-state index is 12.3. The van der Waals surface area contributed by atoms with Gasteiger partial charge in [-0.2, -0.15) is 5.10 Å². The van der Waals surface area contributed by atoms with E-state index >= 15 is 0 Å². The SMILES string of the molecule is CCOC(=O)N1C[C@H](C)Nc2ccc(-c3cnn(C4CC4)c3)cc21. The number of nitrogens with zero attached hydrogens (tertiary/aromatic N) is 3. The second kappa shape index (κ2) is 5.85. The average molecular weight is 326 g/mol. The fourth-order valence-corrected chi connectivity index (χ4v) is 3.14. The lowest BCUT2D eigenvalue weighted by Crippen LogP contribution is -2.43. The number of hydrogen-bond acceptors (Lipinski definition) is 4. The van der Waals surface area contributed by atoms with Crippen molar-refractivity contribution in [2.24, 2.45) is 0 Å². The van der Waals surface area contributed by atoms with Crippen LogP contribution in [0.2, 0.25) is 0 Å². The van der Waals surface area contributed by atoms with Gasteiger partial charge in [-0.3, -0.25) is 9.58 Å². The van der Waals surface area contributed by atoms with Crippen molar-refractivity contribution in [1.29, 1.82) is 0 Å². The van der Waals surface area contributed by atoms with E-state index < -0.39 is 0 Å². The largest absolute Gasteiger partial charge is 0.449 e. The Morgan fingerprint density at radius 3 is 2.96 bits per heavy atom. The zero-order valence-corrected chi connectivity index (χ0v) is 14.0. The molecule has 1 aromatic heterocycles. The van der Waals surface area contributed by atoms with Crippen molar-refractivity contribution >= 4 is 17.5 Å². The van der Waals surface area contributed by atoms with E-state index in [1.165, 1.54) is 12.8 Å². The summed E-state index contributed by atoms with van der Waals surface area (Å²) in [6, 6.07) is 6.89. The van der Waals surface area contributed by atoms with Gasteiger partial charge in [-0.1, -0.05) is 6.07 Å².